The van der Waals surface area contributed by atoms with Gasteiger partial charge in [0, 0.05) is 10.0 Å². The van der Waals surface area contributed by atoms with Gasteiger partial charge in [0.2, 0.25) is 0 Å². The fourth-order valence-corrected chi connectivity index (χ4v) is 4.48. The highest BCUT2D eigenvalue weighted by molar-refractivity contribution is 9.11. The molecule has 9 heteroatoms. The predicted octanol–water partition coefficient (Wildman–Crippen LogP) is 5.81. The van der Waals surface area contributed by atoms with Crippen LogP contribution in [-0.4, -0.2) is 18.7 Å². The van der Waals surface area contributed by atoms with Gasteiger partial charge in [-0.2, -0.15) is 5.10 Å². The molecule has 0 saturated carbocycles. The first kappa shape index (κ1) is 19.7. The van der Waals surface area contributed by atoms with E-state index in [1.807, 2.05) is 12.1 Å². The number of nitrogens with one attached hydrogen (secondary N) is 1. The molecule has 2 aromatic carbocycles. The SMILES string of the molecule is O=C(COc1c(Br)cc(Br)cc1Br)N/N=C\c1cccc(Cl)c1Cl. The zero-order chi connectivity index (χ0) is 17.7. The van der Waals surface area contributed by atoms with E-state index >= 15 is 0 Å². The van der Waals surface area contributed by atoms with E-state index in [9.17, 15) is 4.79 Å². The van der Waals surface area contributed by atoms with Crippen LogP contribution in [0.3, 0.4) is 0 Å². The number of amides is 1. The number of nitrogens with zero attached hydrogens (tertiary/aromatic N) is 1. The number of hydrogen-bond acceptors (Lipinski definition) is 3. The van der Waals surface area contributed by atoms with Crippen LogP contribution in [0.25, 0.3) is 0 Å². The molecule has 4 nitrogen and oxygen atoms in total. The molecule has 0 radical (unpaired) electrons. The van der Waals surface area contributed by atoms with Crippen LogP contribution in [0.5, 0.6) is 5.75 Å². The van der Waals surface area contributed by atoms with Gasteiger partial charge >= 0.3 is 0 Å². The lowest BCUT2D eigenvalue weighted by molar-refractivity contribution is -0.123. The molecule has 126 valence electrons. The molecule has 0 aromatic heterocycles. The summed E-state index contributed by atoms with van der Waals surface area (Å²) in [4.78, 5) is 11.8. The molecule has 0 saturated heterocycles. The second-order valence-corrected chi connectivity index (χ2v) is 7.83. The highest BCUT2D eigenvalue weighted by Crippen LogP contribution is 2.36. The zero-order valence-corrected chi connectivity index (χ0v) is 18.1. The van der Waals surface area contributed by atoms with E-state index in [1.54, 1.807) is 18.2 Å². The Bertz CT molecular complexity index is 777. The summed E-state index contributed by atoms with van der Waals surface area (Å²) in [5, 5.41) is 4.62. The van der Waals surface area contributed by atoms with Crippen LogP contribution in [0, 0.1) is 0 Å². The normalized spacial score (nSPS) is 10.9. The summed E-state index contributed by atoms with van der Waals surface area (Å²) in [5.41, 5.74) is 2.96. The van der Waals surface area contributed by atoms with Gasteiger partial charge in [0.05, 0.1) is 25.2 Å². The number of halogens is 5. The van der Waals surface area contributed by atoms with Gasteiger partial charge in [-0.15, -0.1) is 0 Å². The Morgan fingerprint density at radius 1 is 1.21 bits per heavy atom. The Hall–Kier alpha value is -0.600. The first-order valence-corrected chi connectivity index (χ1v) is 9.55. The Morgan fingerprint density at radius 3 is 2.54 bits per heavy atom. The lowest BCUT2D eigenvalue weighted by Crippen LogP contribution is -2.24. The molecule has 0 bridgehead atoms. The molecule has 0 fully saturated rings. The van der Waals surface area contributed by atoms with Gasteiger partial charge in [0.15, 0.2) is 6.61 Å². The van der Waals surface area contributed by atoms with Crippen molar-refractivity contribution in [3.63, 3.8) is 0 Å². The van der Waals surface area contributed by atoms with Gasteiger partial charge in [-0.05, 0) is 50.1 Å². The second-order valence-electron chi connectivity index (χ2n) is 4.42. The van der Waals surface area contributed by atoms with Crippen LogP contribution in [0.15, 0.2) is 48.9 Å². The topological polar surface area (TPSA) is 50.7 Å². The monoisotopic (exact) mass is 556 g/mol. The maximum atomic E-state index is 11.8. The third kappa shape index (κ3) is 5.46. The van der Waals surface area contributed by atoms with E-state index in [1.165, 1.54) is 6.21 Å². The number of hydrazone groups is 1. The largest absolute Gasteiger partial charge is 0.481 e. The van der Waals surface area contributed by atoms with Gasteiger partial charge < -0.3 is 4.74 Å². The average molecular weight is 560 g/mol. The van der Waals surface area contributed by atoms with Crippen molar-refractivity contribution in [2.45, 2.75) is 0 Å². The van der Waals surface area contributed by atoms with Crippen LogP contribution < -0.4 is 10.2 Å². The molecule has 2 rings (SSSR count). The Labute approximate surface area is 173 Å². The van der Waals surface area contributed by atoms with E-state index in [4.69, 9.17) is 27.9 Å². The number of carbonyl (C=O) groups is 1. The van der Waals surface area contributed by atoms with Crippen LogP contribution in [0.2, 0.25) is 10.0 Å². The van der Waals surface area contributed by atoms with Crippen LogP contribution in [0.1, 0.15) is 5.56 Å². The minimum Gasteiger partial charge on any atom is -0.481 e. The average Bonchev–Trinajstić information content (AvgIpc) is 2.50. The molecule has 0 atom stereocenters. The van der Waals surface area contributed by atoms with Gasteiger partial charge in [-0.1, -0.05) is 51.3 Å². The fourth-order valence-electron chi connectivity index (χ4n) is 1.63. The van der Waals surface area contributed by atoms with Crippen molar-refractivity contribution < 1.29 is 9.53 Å². The summed E-state index contributed by atoms with van der Waals surface area (Å²) >= 11 is 22.0. The van der Waals surface area contributed by atoms with Gasteiger partial charge in [0.1, 0.15) is 5.75 Å². The Kier molecular flexibility index (Phi) is 7.56. The van der Waals surface area contributed by atoms with Crippen molar-refractivity contribution in [3.05, 3.63) is 59.4 Å². The van der Waals surface area contributed by atoms with Crippen molar-refractivity contribution in [1.82, 2.24) is 5.43 Å². The summed E-state index contributed by atoms with van der Waals surface area (Å²) in [6.45, 7) is -0.195. The summed E-state index contributed by atoms with van der Waals surface area (Å²) in [6.07, 6.45) is 1.41. The number of rotatable bonds is 5. The first-order valence-electron chi connectivity index (χ1n) is 6.41. The number of hydrogen-bond donors (Lipinski definition) is 1. The smallest absolute Gasteiger partial charge is 0.277 e. The third-order valence-corrected chi connectivity index (χ3v) is 5.15. The molecule has 1 amide bonds. The van der Waals surface area contributed by atoms with E-state index in [0.717, 1.165) is 4.47 Å². The van der Waals surface area contributed by atoms with Crippen LogP contribution in [0.4, 0.5) is 0 Å². The maximum Gasteiger partial charge on any atom is 0.277 e. The summed E-state index contributed by atoms with van der Waals surface area (Å²) in [6, 6.07) is 8.77. The molecule has 24 heavy (non-hydrogen) atoms. The predicted molar refractivity (Wildman–Crippen MR) is 107 cm³/mol. The fraction of sp³-hybridized carbons (Fsp3) is 0.0667. The number of ether oxygens (including phenoxy) is 1. The van der Waals surface area contributed by atoms with E-state index in [-0.39, 0.29) is 6.61 Å². The maximum absolute atomic E-state index is 11.8. The molecule has 2 aromatic rings. The van der Waals surface area contributed by atoms with E-state index in [0.29, 0.717) is 30.3 Å². The molecular weight excluding hydrogens is 551 g/mol. The van der Waals surface area contributed by atoms with E-state index in [2.05, 4.69) is 58.3 Å². The molecule has 0 aliphatic rings. The highest BCUT2D eigenvalue weighted by Gasteiger charge is 2.10. The summed E-state index contributed by atoms with van der Waals surface area (Å²) in [7, 11) is 0. The lowest BCUT2D eigenvalue weighted by atomic mass is 10.2. The molecule has 0 aliphatic carbocycles. The quantitative estimate of drug-likeness (QED) is 0.371. The third-order valence-electron chi connectivity index (χ3n) is 2.69. The van der Waals surface area contributed by atoms with Gasteiger partial charge in [0.25, 0.3) is 5.91 Å². The summed E-state index contributed by atoms with van der Waals surface area (Å²) < 4.78 is 7.79. The van der Waals surface area contributed by atoms with Gasteiger partial charge in [-0.25, -0.2) is 5.43 Å². The van der Waals surface area contributed by atoms with Crippen molar-refractivity contribution >= 4 is 83.1 Å². The molecule has 0 unspecified atom stereocenters. The van der Waals surface area contributed by atoms with Crippen molar-refractivity contribution in [1.29, 1.82) is 0 Å². The molecule has 0 aliphatic heterocycles. The molecular formula is C15H9Br3Cl2N2O2. The minimum atomic E-state index is -0.411. The molecule has 1 N–H and O–H groups in total. The lowest BCUT2D eigenvalue weighted by Gasteiger charge is -2.10. The Balaban J connectivity index is 1.92. The van der Waals surface area contributed by atoms with Gasteiger partial charge in [-0.3, -0.25) is 4.79 Å². The van der Waals surface area contributed by atoms with Crippen molar-refractivity contribution in [2.24, 2.45) is 5.10 Å². The molecule has 0 heterocycles. The summed E-state index contributed by atoms with van der Waals surface area (Å²) in [5.74, 6) is 0.112. The molecule has 0 spiro atoms. The minimum absolute atomic E-state index is 0.195. The first-order chi connectivity index (χ1) is 11.4. The zero-order valence-electron chi connectivity index (χ0n) is 11.8. The Morgan fingerprint density at radius 2 is 1.88 bits per heavy atom. The second kappa shape index (κ2) is 9.20. The standard InChI is InChI=1S/C15H9Br3Cl2N2O2/c16-9-4-10(17)15(11(18)5-9)24-7-13(23)22-21-6-8-2-1-3-12(19)14(8)20/h1-6H,7H2,(H,22,23)/b21-6-. The number of benzene rings is 2. The van der Waals surface area contributed by atoms with Crippen LogP contribution >= 0.6 is 71.0 Å². The number of carbonyl (C=O) groups excluding carboxylic acids is 1. The highest BCUT2D eigenvalue weighted by atomic mass is 79.9. The van der Waals surface area contributed by atoms with E-state index < -0.39 is 5.91 Å². The van der Waals surface area contributed by atoms with Crippen molar-refractivity contribution in [2.75, 3.05) is 6.61 Å². The van der Waals surface area contributed by atoms with Crippen LogP contribution in [-0.2, 0) is 4.79 Å². The van der Waals surface area contributed by atoms with Crippen molar-refractivity contribution in [3.8, 4) is 5.75 Å².